The van der Waals surface area contributed by atoms with Crippen molar-refractivity contribution in [3.8, 4) is 0 Å². The van der Waals surface area contributed by atoms with Crippen molar-refractivity contribution in [3.05, 3.63) is 105 Å². The van der Waals surface area contributed by atoms with E-state index in [0.29, 0.717) is 40.1 Å². The number of hydrogen-bond donors (Lipinski definition) is 3. The SMILES string of the molecule is CC(=O)N(N)[C@H]1CCCC[C@@H]1N1C(=O)c2ccccc2[C@@H](C(=O)NOCc2cccc(C(=O)O)c2)[C@@H]1c1ccc(Cl)cc1Cl. The molecule has 12 heteroatoms. The van der Waals surface area contributed by atoms with E-state index >= 15 is 0 Å². The molecule has 44 heavy (non-hydrogen) atoms. The van der Waals surface area contributed by atoms with Gasteiger partial charge in [0.1, 0.15) is 0 Å². The Balaban J connectivity index is 1.57. The number of rotatable bonds is 8. The number of nitrogens with one attached hydrogen (secondary N) is 1. The molecule has 1 fully saturated rings. The van der Waals surface area contributed by atoms with Crippen LogP contribution in [0, 0.1) is 0 Å². The van der Waals surface area contributed by atoms with Crippen molar-refractivity contribution in [2.45, 2.75) is 63.3 Å². The Morgan fingerprint density at radius 3 is 2.50 bits per heavy atom. The molecule has 1 heterocycles. The number of nitrogens with zero attached hydrogens (tertiary/aromatic N) is 2. The van der Waals surface area contributed by atoms with E-state index in [1.807, 2.05) is 0 Å². The molecule has 3 aromatic carbocycles. The molecule has 2 aliphatic rings. The van der Waals surface area contributed by atoms with Gasteiger partial charge in [-0.05, 0) is 59.9 Å². The van der Waals surface area contributed by atoms with Crippen LogP contribution in [0.3, 0.4) is 0 Å². The van der Waals surface area contributed by atoms with Gasteiger partial charge in [-0.2, -0.15) is 0 Å². The highest BCUT2D eigenvalue weighted by molar-refractivity contribution is 6.35. The number of carbonyl (C=O) groups is 4. The number of carboxylic acids is 1. The molecule has 4 N–H and O–H groups in total. The topological polar surface area (TPSA) is 142 Å². The van der Waals surface area contributed by atoms with Crippen LogP contribution in [0.25, 0.3) is 0 Å². The zero-order chi connectivity index (χ0) is 31.5. The molecule has 0 radical (unpaired) electrons. The molecule has 230 valence electrons. The number of hydroxylamine groups is 1. The lowest BCUT2D eigenvalue weighted by atomic mass is 9.76. The monoisotopic (exact) mass is 638 g/mol. The first-order chi connectivity index (χ1) is 21.1. The average molecular weight is 640 g/mol. The van der Waals surface area contributed by atoms with E-state index in [1.54, 1.807) is 59.5 Å². The first-order valence-corrected chi connectivity index (χ1v) is 15.0. The molecule has 0 bridgehead atoms. The summed E-state index contributed by atoms with van der Waals surface area (Å²) in [4.78, 5) is 59.5. The number of fused-ring (bicyclic) bond motifs is 1. The minimum Gasteiger partial charge on any atom is -0.478 e. The highest BCUT2D eigenvalue weighted by Gasteiger charge is 2.50. The van der Waals surface area contributed by atoms with E-state index in [2.05, 4.69) is 5.48 Å². The van der Waals surface area contributed by atoms with Gasteiger partial charge in [-0.15, -0.1) is 0 Å². The number of hydrogen-bond acceptors (Lipinski definition) is 6. The molecule has 1 aliphatic carbocycles. The fraction of sp³-hybridized carbons (Fsp3) is 0.312. The number of halogens is 2. The molecule has 3 amide bonds. The number of amides is 3. The van der Waals surface area contributed by atoms with Gasteiger partial charge in [-0.1, -0.05) is 72.4 Å². The van der Waals surface area contributed by atoms with Crippen LogP contribution >= 0.6 is 23.2 Å². The van der Waals surface area contributed by atoms with Gasteiger partial charge in [0.05, 0.1) is 36.2 Å². The first-order valence-electron chi connectivity index (χ1n) is 14.2. The summed E-state index contributed by atoms with van der Waals surface area (Å²) >= 11 is 13.0. The van der Waals surface area contributed by atoms with Gasteiger partial charge >= 0.3 is 5.97 Å². The van der Waals surface area contributed by atoms with Gasteiger partial charge in [-0.3, -0.25) is 24.2 Å². The summed E-state index contributed by atoms with van der Waals surface area (Å²) in [6, 6.07) is 16.1. The maximum atomic E-state index is 14.4. The molecular formula is C32H32Cl2N4O6. The zero-order valence-electron chi connectivity index (χ0n) is 23.9. The van der Waals surface area contributed by atoms with Crippen molar-refractivity contribution in [2.75, 3.05) is 0 Å². The van der Waals surface area contributed by atoms with Crippen molar-refractivity contribution in [3.63, 3.8) is 0 Å². The van der Waals surface area contributed by atoms with Gasteiger partial charge in [0, 0.05) is 22.5 Å². The Morgan fingerprint density at radius 1 is 1.02 bits per heavy atom. The molecule has 1 aliphatic heterocycles. The minimum absolute atomic E-state index is 0.0896. The number of hydrazine groups is 1. The lowest BCUT2D eigenvalue weighted by Gasteiger charge is -2.50. The summed E-state index contributed by atoms with van der Waals surface area (Å²) < 4.78 is 0. The van der Waals surface area contributed by atoms with Crippen LogP contribution in [0.5, 0.6) is 0 Å². The first kappa shape index (κ1) is 31.5. The van der Waals surface area contributed by atoms with Gasteiger partial charge < -0.3 is 10.0 Å². The van der Waals surface area contributed by atoms with Gasteiger partial charge in [0.2, 0.25) is 5.91 Å². The smallest absolute Gasteiger partial charge is 0.335 e. The predicted molar refractivity (Wildman–Crippen MR) is 164 cm³/mol. The molecule has 0 spiro atoms. The number of nitrogens with two attached hydrogens (primary N) is 1. The van der Waals surface area contributed by atoms with Crippen molar-refractivity contribution in [1.29, 1.82) is 0 Å². The largest absolute Gasteiger partial charge is 0.478 e. The van der Waals surface area contributed by atoms with E-state index < -0.39 is 35.9 Å². The highest BCUT2D eigenvalue weighted by atomic mass is 35.5. The fourth-order valence-electron chi connectivity index (χ4n) is 6.29. The van der Waals surface area contributed by atoms with Crippen LogP contribution in [-0.2, 0) is 21.0 Å². The normalized spacial score (nSPS) is 21.4. The number of benzene rings is 3. The average Bonchev–Trinajstić information content (AvgIpc) is 3.01. The minimum atomic E-state index is -1.08. The summed E-state index contributed by atoms with van der Waals surface area (Å²) in [5, 5.41) is 11.2. The van der Waals surface area contributed by atoms with Crippen LogP contribution in [0.15, 0.2) is 66.7 Å². The molecule has 10 nitrogen and oxygen atoms in total. The maximum Gasteiger partial charge on any atom is 0.335 e. The van der Waals surface area contributed by atoms with E-state index in [4.69, 9.17) is 33.9 Å². The van der Waals surface area contributed by atoms with Gasteiger partial charge in [0.25, 0.3) is 11.8 Å². The van der Waals surface area contributed by atoms with Crippen LogP contribution in [0.4, 0.5) is 0 Å². The Bertz CT molecular complexity index is 1600. The Morgan fingerprint density at radius 2 is 1.77 bits per heavy atom. The second-order valence-electron chi connectivity index (χ2n) is 11.0. The summed E-state index contributed by atoms with van der Waals surface area (Å²) in [5.74, 6) is 3.05. The molecular weight excluding hydrogens is 607 g/mol. The van der Waals surface area contributed by atoms with E-state index in [-0.39, 0.29) is 29.0 Å². The van der Waals surface area contributed by atoms with E-state index in [0.717, 1.165) is 12.8 Å². The second kappa shape index (κ2) is 13.4. The summed E-state index contributed by atoms with van der Waals surface area (Å²) in [5.41, 5.74) is 4.50. The van der Waals surface area contributed by atoms with E-state index in [1.165, 1.54) is 24.1 Å². The van der Waals surface area contributed by atoms with Crippen LogP contribution in [0.2, 0.25) is 10.0 Å². The Kier molecular flexibility index (Phi) is 9.55. The maximum absolute atomic E-state index is 14.4. The van der Waals surface area contributed by atoms with Crippen molar-refractivity contribution >= 4 is 46.9 Å². The third-order valence-corrected chi connectivity index (χ3v) is 8.86. The number of carboxylic acid groups (broad SMARTS) is 1. The quantitative estimate of drug-likeness (QED) is 0.174. The zero-order valence-corrected chi connectivity index (χ0v) is 25.4. The number of carbonyl (C=O) groups excluding carboxylic acids is 3. The standard InChI is InChI=1S/C32H32Cl2N4O6/c1-18(39)38(35)27-12-5-4-11-26(27)37-29(24-14-13-21(33)16-25(24)34)28(22-9-2-3-10-23(22)31(37)41)30(40)36-44-17-19-7-6-8-20(15-19)32(42)43/h2-3,6-10,13-16,26-29H,4-5,11-12,17,35H2,1H3,(H,36,40)(H,42,43)/t26-,27-,28+,29-/m0/s1. The summed E-state index contributed by atoms with van der Waals surface area (Å²) in [6.07, 6.45) is 2.78. The summed E-state index contributed by atoms with van der Waals surface area (Å²) in [6.45, 7) is 1.29. The van der Waals surface area contributed by atoms with Crippen molar-refractivity contribution < 1.29 is 29.1 Å². The molecule has 0 saturated heterocycles. The summed E-state index contributed by atoms with van der Waals surface area (Å²) in [7, 11) is 0. The number of aromatic carboxylic acids is 1. The Hall–Kier alpha value is -3.96. The van der Waals surface area contributed by atoms with Gasteiger partial charge in [0.15, 0.2) is 0 Å². The molecule has 3 aromatic rings. The third kappa shape index (κ3) is 6.30. The van der Waals surface area contributed by atoms with Crippen LogP contribution < -0.4 is 11.3 Å². The molecule has 0 unspecified atom stereocenters. The molecule has 5 rings (SSSR count). The molecule has 4 atom stereocenters. The second-order valence-corrected chi connectivity index (χ2v) is 11.8. The fourth-order valence-corrected chi connectivity index (χ4v) is 6.81. The van der Waals surface area contributed by atoms with Crippen molar-refractivity contribution in [1.82, 2.24) is 15.4 Å². The van der Waals surface area contributed by atoms with Crippen LogP contribution in [0.1, 0.15) is 82.0 Å². The van der Waals surface area contributed by atoms with Gasteiger partial charge in [-0.25, -0.2) is 16.1 Å². The van der Waals surface area contributed by atoms with Crippen molar-refractivity contribution in [2.24, 2.45) is 5.84 Å². The third-order valence-electron chi connectivity index (χ3n) is 8.30. The molecule has 1 saturated carbocycles. The van der Waals surface area contributed by atoms with E-state index in [9.17, 15) is 24.3 Å². The lowest BCUT2D eigenvalue weighted by molar-refractivity contribution is -0.140. The molecule has 0 aromatic heterocycles. The predicted octanol–water partition coefficient (Wildman–Crippen LogP) is 5.25. The Labute approximate surface area is 264 Å². The highest BCUT2D eigenvalue weighted by Crippen LogP contribution is 2.48. The lowest BCUT2D eigenvalue weighted by Crippen LogP contribution is -2.61. The van der Waals surface area contributed by atoms with Crippen LogP contribution in [-0.4, -0.2) is 50.8 Å².